The van der Waals surface area contributed by atoms with E-state index in [4.69, 9.17) is 4.74 Å². The number of hydrogen-bond acceptors (Lipinski definition) is 2. The molecule has 0 amide bonds. The van der Waals surface area contributed by atoms with Crippen LogP contribution in [0.3, 0.4) is 0 Å². The minimum atomic E-state index is 0.0930. The van der Waals surface area contributed by atoms with Crippen LogP contribution in [0.2, 0.25) is 0 Å². The molecule has 0 bridgehead atoms. The smallest absolute Gasteiger partial charge is 0.159 e. The number of halogens is 1. The molecule has 0 spiro atoms. The van der Waals surface area contributed by atoms with Crippen molar-refractivity contribution in [1.29, 1.82) is 0 Å². The van der Waals surface area contributed by atoms with Gasteiger partial charge in [0, 0.05) is 12.0 Å². The molecule has 0 unspecified atom stereocenters. The largest absolute Gasteiger partial charge is 0.492 e. The topological polar surface area (TPSA) is 26.3 Å². The molecule has 2 nitrogen and oxygen atoms in total. The second-order valence-corrected chi connectivity index (χ2v) is 3.96. The van der Waals surface area contributed by atoms with Crippen LogP contribution in [0, 0.1) is 0 Å². The van der Waals surface area contributed by atoms with Crippen LogP contribution in [0.1, 0.15) is 22.8 Å². The van der Waals surface area contributed by atoms with Gasteiger partial charge in [0.1, 0.15) is 5.75 Å². The zero-order valence-corrected chi connectivity index (χ0v) is 8.85. The zero-order chi connectivity index (χ0) is 9.42. The summed E-state index contributed by atoms with van der Waals surface area (Å²) in [5.41, 5.74) is 1.87. The highest BCUT2D eigenvalue weighted by Crippen LogP contribution is 2.34. The number of hydrogen-bond donors (Lipinski definition) is 0. The number of benzene rings is 1. The van der Waals surface area contributed by atoms with Gasteiger partial charge in [-0.3, -0.25) is 4.79 Å². The summed E-state index contributed by atoms with van der Waals surface area (Å²) in [6, 6.07) is 3.72. The predicted molar refractivity (Wildman–Crippen MR) is 53.3 cm³/mol. The predicted octanol–water partition coefficient (Wildman–Crippen LogP) is 2.59. The minimum absolute atomic E-state index is 0.0930. The molecule has 68 valence electrons. The van der Waals surface area contributed by atoms with Crippen molar-refractivity contribution in [3.05, 3.63) is 27.7 Å². The SMILES string of the molecule is CC(=O)c1cc(Br)c2c(c1)CCO2. The first-order valence-electron chi connectivity index (χ1n) is 4.14. The van der Waals surface area contributed by atoms with Crippen molar-refractivity contribution >= 4 is 21.7 Å². The second-order valence-electron chi connectivity index (χ2n) is 3.10. The standard InChI is InChI=1S/C10H9BrO2/c1-6(12)8-4-7-2-3-13-10(7)9(11)5-8/h4-5H,2-3H2,1H3. The third-order valence-corrected chi connectivity index (χ3v) is 2.73. The van der Waals surface area contributed by atoms with Crippen LogP contribution in [-0.4, -0.2) is 12.4 Å². The minimum Gasteiger partial charge on any atom is -0.492 e. The van der Waals surface area contributed by atoms with E-state index in [0.29, 0.717) is 0 Å². The molecule has 0 saturated heterocycles. The molecular formula is C10H9BrO2. The summed E-state index contributed by atoms with van der Waals surface area (Å²) in [7, 11) is 0. The summed E-state index contributed by atoms with van der Waals surface area (Å²) in [5.74, 6) is 0.986. The average Bonchev–Trinajstić information content (AvgIpc) is 2.51. The number of ether oxygens (including phenoxy) is 1. The number of carbonyl (C=O) groups is 1. The van der Waals surface area contributed by atoms with Gasteiger partial charge in [0.15, 0.2) is 5.78 Å². The number of ketones is 1. The van der Waals surface area contributed by atoms with Crippen LogP contribution < -0.4 is 4.74 Å². The van der Waals surface area contributed by atoms with Crippen molar-refractivity contribution in [2.45, 2.75) is 13.3 Å². The number of rotatable bonds is 1. The monoisotopic (exact) mass is 240 g/mol. The summed E-state index contributed by atoms with van der Waals surface area (Å²) in [5, 5.41) is 0. The maximum atomic E-state index is 11.1. The van der Waals surface area contributed by atoms with Gasteiger partial charge in [0.2, 0.25) is 0 Å². The van der Waals surface area contributed by atoms with Gasteiger partial charge in [-0.2, -0.15) is 0 Å². The van der Waals surface area contributed by atoms with E-state index in [0.717, 1.165) is 34.4 Å². The summed E-state index contributed by atoms with van der Waals surface area (Å²) < 4.78 is 6.29. The zero-order valence-electron chi connectivity index (χ0n) is 7.26. The fourth-order valence-electron chi connectivity index (χ4n) is 1.46. The van der Waals surface area contributed by atoms with E-state index < -0.39 is 0 Å². The lowest BCUT2D eigenvalue weighted by Crippen LogP contribution is -1.93. The van der Waals surface area contributed by atoms with Gasteiger partial charge >= 0.3 is 0 Å². The lowest BCUT2D eigenvalue weighted by Gasteiger charge is -2.03. The summed E-state index contributed by atoms with van der Waals surface area (Å²) in [4.78, 5) is 11.1. The van der Waals surface area contributed by atoms with Gasteiger partial charge in [0.25, 0.3) is 0 Å². The summed E-state index contributed by atoms with van der Waals surface area (Å²) >= 11 is 3.39. The fraction of sp³-hybridized carbons (Fsp3) is 0.300. The third kappa shape index (κ3) is 1.48. The van der Waals surface area contributed by atoms with Crippen LogP contribution >= 0.6 is 15.9 Å². The molecule has 1 aliphatic heterocycles. The molecule has 0 aromatic heterocycles. The molecule has 2 rings (SSSR count). The van der Waals surface area contributed by atoms with Crippen molar-refractivity contribution in [2.75, 3.05) is 6.61 Å². The molecule has 1 aliphatic rings. The van der Waals surface area contributed by atoms with Crippen LogP contribution in [-0.2, 0) is 6.42 Å². The van der Waals surface area contributed by atoms with Crippen LogP contribution in [0.15, 0.2) is 16.6 Å². The maximum Gasteiger partial charge on any atom is 0.159 e. The van der Waals surface area contributed by atoms with E-state index in [2.05, 4.69) is 15.9 Å². The Morgan fingerprint density at radius 3 is 3.00 bits per heavy atom. The van der Waals surface area contributed by atoms with Gasteiger partial charge in [0.05, 0.1) is 11.1 Å². The van der Waals surface area contributed by atoms with Gasteiger partial charge in [-0.15, -0.1) is 0 Å². The first-order chi connectivity index (χ1) is 6.18. The average molecular weight is 241 g/mol. The van der Waals surface area contributed by atoms with Crippen molar-refractivity contribution in [2.24, 2.45) is 0 Å². The van der Waals surface area contributed by atoms with E-state index in [1.165, 1.54) is 0 Å². The molecule has 3 heteroatoms. The van der Waals surface area contributed by atoms with Crippen LogP contribution in [0.25, 0.3) is 0 Å². The van der Waals surface area contributed by atoms with E-state index in [1.807, 2.05) is 12.1 Å². The molecule has 0 aliphatic carbocycles. The normalized spacial score (nSPS) is 13.7. The molecular weight excluding hydrogens is 232 g/mol. The molecule has 0 atom stereocenters. The molecule has 1 aromatic carbocycles. The lowest BCUT2D eigenvalue weighted by molar-refractivity contribution is 0.101. The molecule has 0 radical (unpaired) electrons. The number of carbonyl (C=O) groups excluding carboxylic acids is 1. The Morgan fingerprint density at radius 2 is 2.31 bits per heavy atom. The molecule has 0 fully saturated rings. The van der Waals surface area contributed by atoms with Crippen molar-refractivity contribution in [1.82, 2.24) is 0 Å². The van der Waals surface area contributed by atoms with Gasteiger partial charge in [-0.25, -0.2) is 0 Å². The highest BCUT2D eigenvalue weighted by atomic mass is 79.9. The lowest BCUT2D eigenvalue weighted by atomic mass is 10.1. The quantitative estimate of drug-likeness (QED) is 0.706. The Kier molecular flexibility index (Phi) is 2.12. The van der Waals surface area contributed by atoms with E-state index in [-0.39, 0.29) is 5.78 Å². The summed E-state index contributed by atoms with van der Waals surface area (Å²) in [6.07, 6.45) is 0.898. The van der Waals surface area contributed by atoms with Gasteiger partial charge in [-0.1, -0.05) is 0 Å². The third-order valence-electron chi connectivity index (χ3n) is 2.14. The molecule has 13 heavy (non-hydrogen) atoms. The Morgan fingerprint density at radius 1 is 1.54 bits per heavy atom. The van der Waals surface area contributed by atoms with Crippen LogP contribution in [0.4, 0.5) is 0 Å². The molecule has 0 N–H and O–H groups in total. The Balaban J connectivity index is 2.55. The number of fused-ring (bicyclic) bond motifs is 1. The van der Waals surface area contributed by atoms with Crippen molar-refractivity contribution in [3.63, 3.8) is 0 Å². The molecule has 0 saturated carbocycles. The first kappa shape index (κ1) is 8.75. The number of Topliss-reactive ketones (excluding diaryl/α,β-unsaturated/α-hetero) is 1. The fourth-order valence-corrected chi connectivity index (χ4v) is 2.08. The van der Waals surface area contributed by atoms with Crippen LogP contribution in [0.5, 0.6) is 5.75 Å². The first-order valence-corrected chi connectivity index (χ1v) is 4.94. The van der Waals surface area contributed by atoms with Gasteiger partial charge < -0.3 is 4.74 Å². The Bertz CT molecular complexity index is 371. The highest BCUT2D eigenvalue weighted by Gasteiger charge is 2.17. The molecule has 1 heterocycles. The Hall–Kier alpha value is -0.830. The summed E-state index contributed by atoms with van der Waals surface area (Å²) in [6.45, 7) is 2.29. The highest BCUT2D eigenvalue weighted by molar-refractivity contribution is 9.10. The second kappa shape index (κ2) is 3.14. The van der Waals surface area contributed by atoms with E-state index >= 15 is 0 Å². The van der Waals surface area contributed by atoms with E-state index in [9.17, 15) is 4.79 Å². The van der Waals surface area contributed by atoms with E-state index in [1.54, 1.807) is 6.92 Å². The van der Waals surface area contributed by atoms with Gasteiger partial charge in [-0.05, 0) is 40.5 Å². The Labute approximate surface area is 85.0 Å². The van der Waals surface area contributed by atoms with Crippen molar-refractivity contribution in [3.8, 4) is 5.75 Å². The van der Waals surface area contributed by atoms with Crippen molar-refractivity contribution < 1.29 is 9.53 Å². The molecule has 1 aromatic rings. The maximum absolute atomic E-state index is 11.1.